The van der Waals surface area contributed by atoms with Crippen LogP contribution in [0, 0.1) is 0 Å². The normalized spacial score (nSPS) is 16.3. The van der Waals surface area contributed by atoms with Crippen molar-refractivity contribution in [2.24, 2.45) is 0 Å². The molecule has 1 aromatic carbocycles. The molecule has 1 atom stereocenters. The quantitative estimate of drug-likeness (QED) is 0.857. The van der Waals surface area contributed by atoms with Crippen LogP contribution < -0.4 is 0 Å². The Morgan fingerprint density at radius 1 is 1.48 bits per heavy atom. The minimum Gasteiger partial charge on any atom is -0.478 e. The summed E-state index contributed by atoms with van der Waals surface area (Å²) < 4.78 is 2.14. The van der Waals surface area contributed by atoms with Crippen LogP contribution in [0.5, 0.6) is 0 Å². The number of carboxylic acids is 1. The molecule has 1 fully saturated rings. The molecule has 1 unspecified atom stereocenters. The van der Waals surface area contributed by atoms with Crippen molar-refractivity contribution in [3.05, 3.63) is 29.6 Å². The van der Waals surface area contributed by atoms with Crippen molar-refractivity contribution in [3.63, 3.8) is 0 Å². The number of nitrogens with zero attached hydrogens (tertiary/aromatic N) is 2. The number of aromatic carboxylic acids is 1. The van der Waals surface area contributed by atoms with Crippen LogP contribution in [-0.4, -0.2) is 31.8 Å². The number of aliphatic hydroxyl groups is 1. The number of hydrogen-bond donors (Lipinski definition) is 2. The van der Waals surface area contributed by atoms with E-state index in [1.54, 1.807) is 19.1 Å². The highest BCUT2D eigenvalue weighted by molar-refractivity contribution is 6.01. The monoisotopic (exact) mass is 288 g/mol. The minimum absolute atomic E-state index is 0.267. The van der Waals surface area contributed by atoms with Crippen molar-refractivity contribution in [1.82, 2.24) is 9.55 Å². The molecule has 5 heteroatoms. The van der Waals surface area contributed by atoms with Crippen LogP contribution in [0.3, 0.4) is 0 Å². The maximum atomic E-state index is 11.3. The second-order valence-corrected chi connectivity index (χ2v) is 5.87. The van der Waals surface area contributed by atoms with Crippen LogP contribution in [-0.2, 0) is 6.54 Å². The summed E-state index contributed by atoms with van der Waals surface area (Å²) in [4.78, 5) is 16.0. The average Bonchev–Trinajstić information content (AvgIpc) is 3.21. The van der Waals surface area contributed by atoms with Crippen molar-refractivity contribution in [1.29, 1.82) is 0 Å². The first kappa shape index (κ1) is 14.1. The molecule has 0 aliphatic heterocycles. The maximum absolute atomic E-state index is 11.3. The van der Waals surface area contributed by atoms with E-state index in [1.165, 1.54) is 0 Å². The molecular formula is C16H20N2O3. The first-order valence-corrected chi connectivity index (χ1v) is 7.48. The Morgan fingerprint density at radius 3 is 2.86 bits per heavy atom. The number of hydrogen-bond acceptors (Lipinski definition) is 3. The van der Waals surface area contributed by atoms with Gasteiger partial charge >= 0.3 is 5.97 Å². The SMILES string of the molecule is CC(O)CCCn1c(C2CC2)nc2c(C(=O)O)cccc21. The Kier molecular flexibility index (Phi) is 3.68. The van der Waals surface area contributed by atoms with Gasteiger partial charge in [0.1, 0.15) is 11.3 Å². The zero-order valence-corrected chi connectivity index (χ0v) is 12.1. The summed E-state index contributed by atoms with van der Waals surface area (Å²) in [5.41, 5.74) is 1.75. The second-order valence-electron chi connectivity index (χ2n) is 5.87. The predicted octanol–water partition coefficient (Wildman–Crippen LogP) is 2.77. The first-order chi connectivity index (χ1) is 10.1. The molecule has 1 saturated carbocycles. The van der Waals surface area contributed by atoms with Crippen molar-refractivity contribution < 1.29 is 15.0 Å². The summed E-state index contributed by atoms with van der Waals surface area (Å²) in [5.74, 6) is 0.534. The van der Waals surface area contributed by atoms with Gasteiger partial charge in [0.25, 0.3) is 0 Å². The van der Waals surface area contributed by atoms with Crippen molar-refractivity contribution in [2.75, 3.05) is 0 Å². The topological polar surface area (TPSA) is 75.3 Å². The molecule has 1 heterocycles. The fraction of sp³-hybridized carbons (Fsp3) is 0.500. The van der Waals surface area contributed by atoms with Crippen molar-refractivity contribution in [2.45, 2.75) is 51.2 Å². The number of aliphatic hydroxyl groups excluding tert-OH is 1. The van der Waals surface area contributed by atoms with Crippen LogP contribution in [0.4, 0.5) is 0 Å². The van der Waals surface area contributed by atoms with Gasteiger partial charge in [-0.3, -0.25) is 0 Å². The number of imidazole rings is 1. The Bertz CT molecular complexity index is 671. The van der Waals surface area contributed by atoms with E-state index in [2.05, 4.69) is 9.55 Å². The third-order valence-electron chi connectivity index (χ3n) is 3.98. The Labute approximate surface area is 123 Å². The van der Waals surface area contributed by atoms with E-state index in [1.807, 2.05) is 6.07 Å². The molecule has 112 valence electrons. The second kappa shape index (κ2) is 5.48. The van der Waals surface area contributed by atoms with Gasteiger partial charge in [-0.25, -0.2) is 9.78 Å². The number of fused-ring (bicyclic) bond motifs is 1. The number of carbonyl (C=O) groups is 1. The van der Waals surface area contributed by atoms with Crippen LogP contribution in [0.1, 0.15) is 54.7 Å². The molecular weight excluding hydrogens is 268 g/mol. The van der Waals surface area contributed by atoms with Gasteiger partial charge in [0.2, 0.25) is 0 Å². The number of aryl methyl sites for hydroxylation is 1. The highest BCUT2D eigenvalue weighted by Crippen LogP contribution is 2.41. The number of benzene rings is 1. The molecule has 2 N–H and O–H groups in total. The molecule has 0 spiro atoms. The Hall–Kier alpha value is -1.88. The molecule has 0 saturated heterocycles. The zero-order valence-electron chi connectivity index (χ0n) is 12.1. The van der Waals surface area contributed by atoms with E-state index in [9.17, 15) is 15.0 Å². The molecule has 1 aromatic heterocycles. The van der Waals surface area contributed by atoms with E-state index >= 15 is 0 Å². The average molecular weight is 288 g/mol. The molecule has 0 amide bonds. The summed E-state index contributed by atoms with van der Waals surface area (Å²) in [7, 11) is 0. The molecule has 0 radical (unpaired) electrons. The number of carboxylic acid groups (broad SMARTS) is 1. The third kappa shape index (κ3) is 2.78. The van der Waals surface area contributed by atoms with E-state index in [0.717, 1.165) is 43.6 Å². The van der Waals surface area contributed by atoms with Crippen LogP contribution in [0.25, 0.3) is 11.0 Å². The minimum atomic E-state index is -0.934. The number of aromatic nitrogens is 2. The van der Waals surface area contributed by atoms with Crippen molar-refractivity contribution in [3.8, 4) is 0 Å². The third-order valence-corrected chi connectivity index (χ3v) is 3.98. The van der Waals surface area contributed by atoms with Gasteiger partial charge in [0.15, 0.2) is 0 Å². The lowest BCUT2D eigenvalue weighted by Crippen LogP contribution is -2.06. The molecule has 1 aliphatic carbocycles. The smallest absolute Gasteiger partial charge is 0.337 e. The molecule has 21 heavy (non-hydrogen) atoms. The van der Waals surface area contributed by atoms with Gasteiger partial charge in [-0.15, -0.1) is 0 Å². The summed E-state index contributed by atoms with van der Waals surface area (Å²) in [6, 6.07) is 5.31. The summed E-state index contributed by atoms with van der Waals surface area (Å²) in [6.45, 7) is 2.56. The fourth-order valence-electron chi connectivity index (χ4n) is 2.77. The standard InChI is InChI=1S/C16H20N2O3/c1-10(19)4-3-9-18-13-6-2-5-12(16(20)21)14(13)17-15(18)11-7-8-11/h2,5-6,10-11,19H,3-4,7-9H2,1H3,(H,20,21). The molecule has 1 aliphatic rings. The van der Waals surface area contributed by atoms with E-state index in [0.29, 0.717) is 11.4 Å². The number of rotatable bonds is 6. The maximum Gasteiger partial charge on any atom is 0.337 e. The van der Waals surface area contributed by atoms with E-state index in [4.69, 9.17) is 0 Å². The fourth-order valence-corrected chi connectivity index (χ4v) is 2.77. The largest absolute Gasteiger partial charge is 0.478 e. The molecule has 5 nitrogen and oxygen atoms in total. The lowest BCUT2D eigenvalue weighted by molar-refractivity contribution is 0.0699. The molecule has 0 bridgehead atoms. The van der Waals surface area contributed by atoms with Crippen LogP contribution >= 0.6 is 0 Å². The number of para-hydroxylation sites is 1. The highest BCUT2D eigenvalue weighted by Gasteiger charge is 2.30. The molecule has 3 rings (SSSR count). The predicted molar refractivity (Wildman–Crippen MR) is 79.6 cm³/mol. The van der Waals surface area contributed by atoms with Gasteiger partial charge < -0.3 is 14.8 Å². The Balaban J connectivity index is 2.01. The lowest BCUT2D eigenvalue weighted by Gasteiger charge is -2.09. The summed E-state index contributed by atoms with van der Waals surface area (Å²) in [5, 5.41) is 18.7. The van der Waals surface area contributed by atoms with Gasteiger partial charge in [-0.2, -0.15) is 0 Å². The van der Waals surface area contributed by atoms with E-state index < -0.39 is 5.97 Å². The van der Waals surface area contributed by atoms with Gasteiger partial charge in [-0.1, -0.05) is 6.07 Å². The van der Waals surface area contributed by atoms with Gasteiger partial charge in [0, 0.05) is 12.5 Å². The summed E-state index contributed by atoms with van der Waals surface area (Å²) in [6.07, 6.45) is 3.55. The van der Waals surface area contributed by atoms with E-state index in [-0.39, 0.29) is 11.7 Å². The van der Waals surface area contributed by atoms with Crippen LogP contribution in [0.15, 0.2) is 18.2 Å². The first-order valence-electron chi connectivity index (χ1n) is 7.48. The lowest BCUT2D eigenvalue weighted by atomic mass is 10.2. The highest BCUT2D eigenvalue weighted by atomic mass is 16.4. The van der Waals surface area contributed by atoms with Gasteiger partial charge in [0.05, 0.1) is 17.2 Å². The Morgan fingerprint density at radius 2 is 2.24 bits per heavy atom. The van der Waals surface area contributed by atoms with Gasteiger partial charge in [-0.05, 0) is 44.7 Å². The zero-order chi connectivity index (χ0) is 15.0. The van der Waals surface area contributed by atoms with Crippen LogP contribution in [0.2, 0.25) is 0 Å². The summed E-state index contributed by atoms with van der Waals surface area (Å²) >= 11 is 0. The van der Waals surface area contributed by atoms with Crippen molar-refractivity contribution >= 4 is 17.0 Å². The molecule has 2 aromatic rings.